The lowest BCUT2D eigenvalue weighted by atomic mass is 10.2. The Bertz CT molecular complexity index is 702. The Kier molecular flexibility index (Phi) is 5.48. The fourth-order valence-electron chi connectivity index (χ4n) is 1.81. The third kappa shape index (κ3) is 4.85. The molecule has 0 aliphatic carbocycles. The average Bonchev–Trinajstić information content (AvgIpc) is 2.46. The lowest BCUT2D eigenvalue weighted by molar-refractivity contribution is -0.113. The predicted octanol–water partition coefficient (Wildman–Crippen LogP) is 2.70. The summed E-state index contributed by atoms with van der Waals surface area (Å²) >= 11 is 3.28. The molecule has 1 aromatic heterocycles. The van der Waals surface area contributed by atoms with Gasteiger partial charge in [0.2, 0.25) is 5.91 Å². The molecule has 114 valence electrons. The number of alkyl halides is 1. The third-order valence-corrected chi connectivity index (χ3v) is 3.31. The van der Waals surface area contributed by atoms with Gasteiger partial charge in [0.15, 0.2) is 0 Å². The van der Waals surface area contributed by atoms with Crippen molar-refractivity contribution in [2.75, 3.05) is 16.0 Å². The number of aromatic nitrogens is 2. The van der Waals surface area contributed by atoms with E-state index in [1.807, 2.05) is 31.2 Å². The van der Waals surface area contributed by atoms with Crippen LogP contribution in [0.4, 0.5) is 17.3 Å². The number of amides is 1. The Hall–Kier alpha value is -2.41. The second kappa shape index (κ2) is 7.56. The summed E-state index contributed by atoms with van der Waals surface area (Å²) in [6.07, 6.45) is 2.75. The van der Waals surface area contributed by atoms with E-state index in [-0.39, 0.29) is 0 Å². The van der Waals surface area contributed by atoms with Gasteiger partial charge in [-0.05, 0) is 24.6 Å². The van der Waals surface area contributed by atoms with Crippen molar-refractivity contribution < 1.29 is 4.79 Å². The van der Waals surface area contributed by atoms with Crippen molar-refractivity contribution in [2.45, 2.75) is 6.92 Å². The topological polar surface area (TPSA) is 92.9 Å². The molecule has 0 aliphatic heterocycles. The number of allylic oxidation sites excluding steroid dienone is 1. The van der Waals surface area contributed by atoms with Crippen LogP contribution in [0.2, 0.25) is 0 Å². The number of benzene rings is 1. The van der Waals surface area contributed by atoms with E-state index in [9.17, 15) is 4.79 Å². The lowest BCUT2D eigenvalue weighted by Crippen LogP contribution is -2.12. The van der Waals surface area contributed by atoms with Crippen LogP contribution in [0.25, 0.3) is 0 Å². The Balaban J connectivity index is 2.14. The molecular formula is C15H16BrN5O. The summed E-state index contributed by atoms with van der Waals surface area (Å²) in [6, 6.07) is 9.72. The Morgan fingerprint density at radius 3 is 2.77 bits per heavy atom. The fourth-order valence-corrected chi connectivity index (χ4v) is 2.11. The summed E-state index contributed by atoms with van der Waals surface area (Å²) in [6.45, 7) is 2.02. The molecule has 2 aromatic rings. The molecule has 0 saturated heterocycles. The lowest BCUT2D eigenvalue weighted by Gasteiger charge is -2.10. The molecule has 0 unspecified atom stereocenters. The van der Waals surface area contributed by atoms with E-state index >= 15 is 0 Å². The van der Waals surface area contributed by atoms with Crippen LogP contribution in [-0.4, -0.2) is 21.2 Å². The zero-order valence-electron chi connectivity index (χ0n) is 12.0. The number of hydrogen-bond acceptors (Lipinski definition) is 5. The second-order valence-corrected chi connectivity index (χ2v) is 5.17. The van der Waals surface area contributed by atoms with Crippen LogP contribution >= 0.6 is 15.9 Å². The minimum absolute atomic E-state index is 0.459. The van der Waals surface area contributed by atoms with Crippen molar-refractivity contribution >= 4 is 39.2 Å². The molecule has 1 heterocycles. The number of primary amides is 1. The summed E-state index contributed by atoms with van der Waals surface area (Å²) < 4.78 is 0. The number of carbonyl (C=O) groups is 1. The minimum atomic E-state index is -0.519. The van der Waals surface area contributed by atoms with Gasteiger partial charge in [0.05, 0.1) is 0 Å². The zero-order chi connectivity index (χ0) is 15.9. The van der Waals surface area contributed by atoms with Crippen LogP contribution in [-0.2, 0) is 4.79 Å². The number of aryl methyl sites for hydroxylation is 1. The molecule has 4 N–H and O–H groups in total. The molecule has 0 spiro atoms. The van der Waals surface area contributed by atoms with Gasteiger partial charge in [0.25, 0.3) is 0 Å². The van der Waals surface area contributed by atoms with Crippen molar-refractivity contribution in [2.24, 2.45) is 5.73 Å². The summed E-state index contributed by atoms with van der Waals surface area (Å²) in [5.41, 5.74) is 7.86. The normalized spacial score (nSPS) is 11.1. The molecule has 7 heteroatoms. The highest BCUT2D eigenvalue weighted by Gasteiger charge is 2.03. The molecule has 1 amide bonds. The quantitative estimate of drug-likeness (QED) is 0.543. The number of nitrogens with one attached hydrogen (secondary N) is 2. The fraction of sp³-hybridized carbons (Fsp3) is 0.133. The molecule has 22 heavy (non-hydrogen) atoms. The van der Waals surface area contributed by atoms with Crippen LogP contribution in [0.5, 0.6) is 0 Å². The first-order valence-corrected chi connectivity index (χ1v) is 7.67. The Labute approximate surface area is 137 Å². The van der Waals surface area contributed by atoms with Crippen LogP contribution < -0.4 is 16.4 Å². The highest BCUT2D eigenvalue weighted by Crippen LogP contribution is 2.18. The first-order chi connectivity index (χ1) is 10.6. The maximum absolute atomic E-state index is 10.9. The van der Waals surface area contributed by atoms with Gasteiger partial charge >= 0.3 is 0 Å². The molecule has 0 bridgehead atoms. The molecule has 2 rings (SSSR count). The maximum atomic E-state index is 10.9. The van der Waals surface area contributed by atoms with Gasteiger partial charge in [-0.1, -0.05) is 28.1 Å². The molecule has 0 atom stereocenters. The van der Waals surface area contributed by atoms with Crippen molar-refractivity contribution in [3.63, 3.8) is 0 Å². The summed E-state index contributed by atoms with van der Waals surface area (Å²) in [4.78, 5) is 19.2. The van der Waals surface area contributed by atoms with E-state index in [1.165, 1.54) is 12.4 Å². The van der Waals surface area contributed by atoms with Crippen molar-refractivity contribution in [1.29, 1.82) is 0 Å². The van der Waals surface area contributed by atoms with Gasteiger partial charge < -0.3 is 16.4 Å². The molecular weight excluding hydrogens is 346 g/mol. The van der Waals surface area contributed by atoms with Crippen LogP contribution in [0.1, 0.15) is 5.56 Å². The van der Waals surface area contributed by atoms with E-state index < -0.39 is 5.91 Å². The summed E-state index contributed by atoms with van der Waals surface area (Å²) in [5.74, 6) is 0.697. The van der Waals surface area contributed by atoms with Gasteiger partial charge in [0, 0.05) is 28.9 Å². The van der Waals surface area contributed by atoms with Crippen molar-refractivity contribution in [1.82, 2.24) is 9.97 Å². The smallest absolute Gasteiger partial charge is 0.243 e. The van der Waals surface area contributed by atoms with Crippen LogP contribution in [0.15, 0.2) is 48.4 Å². The van der Waals surface area contributed by atoms with Crippen LogP contribution in [0, 0.1) is 6.92 Å². The number of nitrogens with two attached hydrogens (primary N) is 1. The average molecular weight is 362 g/mol. The van der Waals surface area contributed by atoms with E-state index in [0.717, 1.165) is 11.3 Å². The first kappa shape index (κ1) is 16.0. The van der Waals surface area contributed by atoms with Gasteiger partial charge in [-0.2, -0.15) is 0 Å². The van der Waals surface area contributed by atoms with E-state index in [2.05, 4.69) is 36.5 Å². The van der Waals surface area contributed by atoms with E-state index in [1.54, 1.807) is 6.07 Å². The Morgan fingerprint density at radius 1 is 1.32 bits per heavy atom. The maximum Gasteiger partial charge on any atom is 0.243 e. The number of rotatable bonds is 6. The molecule has 1 aromatic carbocycles. The summed E-state index contributed by atoms with van der Waals surface area (Å²) in [7, 11) is 0. The molecule has 0 aliphatic rings. The van der Waals surface area contributed by atoms with Gasteiger partial charge in [-0.15, -0.1) is 0 Å². The van der Waals surface area contributed by atoms with Gasteiger partial charge in [-0.25, -0.2) is 9.97 Å². The Morgan fingerprint density at radius 2 is 2.09 bits per heavy atom. The number of anilines is 3. The standard InChI is InChI=1S/C15H16BrN5O/c1-10-3-2-4-11(5-10)20-14-7-15(19-9-18-14)21-12(8-16)6-13(17)22/h2-7,9H,8H2,1H3,(H2,17,22)(H2,18,19,20,21). The minimum Gasteiger partial charge on any atom is -0.366 e. The largest absolute Gasteiger partial charge is 0.366 e. The first-order valence-electron chi connectivity index (χ1n) is 6.55. The zero-order valence-corrected chi connectivity index (χ0v) is 13.6. The van der Waals surface area contributed by atoms with Gasteiger partial charge in [0.1, 0.15) is 18.0 Å². The molecule has 0 radical (unpaired) electrons. The summed E-state index contributed by atoms with van der Waals surface area (Å²) in [5, 5.41) is 6.68. The SMILES string of the molecule is Cc1cccc(Nc2cc(NC(=CC(N)=O)CBr)ncn2)c1. The molecule has 0 fully saturated rings. The monoisotopic (exact) mass is 361 g/mol. The predicted molar refractivity (Wildman–Crippen MR) is 91.2 cm³/mol. The molecule has 6 nitrogen and oxygen atoms in total. The number of halogens is 1. The van der Waals surface area contributed by atoms with Gasteiger partial charge in [-0.3, -0.25) is 4.79 Å². The van der Waals surface area contributed by atoms with Crippen molar-refractivity contribution in [3.8, 4) is 0 Å². The van der Waals surface area contributed by atoms with E-state index in [0.29, 0.717) is 22.7 Å². The molecule has 0 saturated carbocycles. The van der Waals surface area contributed by atoms with Crippen molar-refractivity contribution in [3.05, 3.63) is 54.0 Å². The van der Waals surface area contributed by atoms with Crippen LogP contribution in [0.3, 0.4) is 0 Å². The van der Waals surface area contributed by atoms with E-state index in [4.69, 9.17) is 5.73 Å². The number of carbonyl (C=O) groups excluding carboxylic acids is 1. The number of nitrogens with zero attached hydrogens (tertiary/aromatic N) is 2. The highest BCUT2D eigenvalue weighted by atomic mass is 79.9. The third-order valence-electron chi connectivity index (χ3n) is 2.71. The number of hydrogen-bond donors (Lipinski definition) is 3. The second-order valence-electron chi connectivity index (χ2n) is 4.61. The highest BCUT2D eigenvalue weighted by molar-refractivity contribution is 9.09.